The summed E-state index contributed by atoms with van der Waals surface area (Å²) in [6, 6.07) is 4.63. The second-order valence-corrected chi connectivity index (χ2v) is 4.32. The maximum absolute atomic E-state index is 12.4. The van der Waals surface area contributed by atoms with Crippen LogP contribution in [0.3, 0.4) is 0 Å². The first-order chi connectivity index (χ1) is 8.84. The lowest BCUT2D eigenvalue weighted by Crippen LogP contribution is -2.36. The summed E-state index contributed by atoms with van der Waals surface area (Å²) in [5.41, 5.74) is -0.141. The lowest BCUT2D eigenvalue weighted by Gasteiger charge is -2.17. The van der Waals surface area contributed by atoms with E-state index in [4.69, 9.17) is 5.84 Å². The molecule has 0 aliphatic carbocycles. The summed E-state index contributed by atoms with van der Waals surface area (Å²) in [5, 5.41) is 1.04. The summed E-state index contributed by atoms with van der Waals surface area (Å²) in [6.07, 6.45) is -2.36. The largest absolute Gasteiger partial charge is 0.416 e. The van der Waals surface area contributed by atoms with E-state index in [0.29, 0.717) is 12.0 Å². The molecule has 106 valence electrons. The first-order valence-corrected chi connectivity index (χ1v) is 6.05. The molecular formula is C13H17F3N2O. The summed E-state index contributed by atoms with van der Waals surface area (Å²) in [6.45, 7) is 2.07. The zero-order valence-corrected chi connectivity index (χ0v) is 10.7. The van der Waals surface area contributed by atoms with Crippen molar-refractivity contribution < 1.29 is 18.0 Å². The summed E-state index contributed by atoms with van der Waals surface area (Å²) in [7, 11) is 0. The van der Waals surface area contributed by atoms with Crippen molar-refractivity contribution in [1.82, 2.24) is 5.01 Å². The molecule has 1 aromatic carbocycles. The molecule has 0 aliphatic rings. The molecule has 1 amide bonds. The Morgan fingerprint density at radius 3 is 2.32 bits per heavy atom. The van der Waals surface area contributed by atoms with Gasteiger partial charge in [0.05, 0.1) is 12.1 Å². The number of nitrogens with two attached hydrogens (primary N) is 1. The molecule has 1 rings (SSSR count). The van der Waals surface area contributed by atoms with Gasteiger partial charge in [-0.2, -0.15) is 13.2 Å². The maximum atomic E-state index is 12.4. The number of unbranched alkanes of at least 4 members (excludes halogenated alkanes) is 1. The van der Waals surface area contributed by atoms with Crippen molar-refractivity contribution >= 4 is 5.91 Å². The molecule has 2 N–H and O–H groups in total. The molecule has 19 heavy (non-hydrogen) atoms. The van der Waals surface area contributed by atoms with Crippen LogP contribution in [0.2, 0.25) is 0 Å². The molecular weight excluding hydrogens is 257 g/mol. The van der Waals surface area contributed by atoms with Gasteiger partial charge in [-0.3, -0.25) is 9.80 Å². The predicted molar refractivity (Wildman–Crippen MR) is 65.7 cm³/mol. The number of hydrazine groups is 1. The van der Waals surface area contributed by atoms with Gasteiger partial charge >= 0.3 is 6.18 Å². The van der Waals surface area contributed by atoms with Gasteiger partial charge in [0, 0.05) is 6.42 Å². The van der Waals surface area contributed by atoms with E-state index in [9.17, 15) is 18.0 Å². The van der Waals surface area contributed by atoms with Crippen molar-refractivity contribution in [3.8, 4) is 0 Å². The summed E-state index contributed by atoms with van der Waals surface area (Å²) >= 11 is 0. The van der Waals surface area contributed by atoms with Gasteiger partial charge in [-0.1, -0.05) is 25.5 Å². The first kappa shape index (κ1) is 15.5. The molecule has 0 saturated carbocycles. The van der Waals surface area contributed by atoms with E-state index in [1.165, 1.54) is 12.1 Å². The van der Waals surface area contributed by atoms with E-state index in [-0.39, 0.29) is 12.5 Å². The van der Waals surface area contributed by atoms with Crippen molar-refractivity contribution in [2.75, 3.05) is 0 Å². The predicted octanol–water partition coefficient (Wildman–Crippen LogP) is 3.10. The molecule has 3 nitrogen and oxygen atoms in total. The average molecular weight is 274 g/mol. The molecule has 6 heteroatoms. The molecule has 0 unspecified atom stereocenters. The fourth-order valence-corrected chi connectivity index (χ4v) is 1.56. The van der Waals surface area contributed by atoms with E-state index >= 15 is 0 Å². The van der Waals surface area contributed by atoms with Gasteiger partial charge in [0.1, 0.15) is 0 Å². The Bertz CT molecular complexity index is 415. The molecule has 0 aromatic heterocycles. The third-order valence-corrected chi connectivity index (χ3v) is 2.70. The second kappa shape index (κ2) is 6.56. The quantitative estimate of drug-likeness (QED) is 0.509. The smallest absolute Gasteiger partial charge is 0.276 e. The van der Waals surface area contributed by atoms with Crippen LogP contribution in [0.4, 0.5) is 13.2 Å². The SMILES string of the molecule is CCCCC(=O)N(N)Cc1ccc(C(F)(F)F)cc1. The minimum atomic E-state index is -4.35. The molecule has 1 aromatic rings. The number of hydrogen-bond acceptors (Lipinski definition) is 2. The van der Waals surface area contributed by atoms with Crippen LogP contribution in [0.15, 0.2) is 24.3 Å². The Morgan fingerprint density at radius 1 is 1.26 bits per heavy atom. The molecule has 0 heterocycles. The Labute approximate surface area is 110 Å². The van der Waals surface area contributed by atoms with Crippen LogP contribution in [-0.2, 0) is 17.5 Å². The van der Waals surface area contributed by atoms with Crippen LogP contribution < -0.4 is 5.84 Å². The molecule has 0 aliphatic heterocycles. The van der Waals surface area contributed by atoms with Crippen molar-refractivity contribution in [2.45, 2.75) is 38.9 Å². The lowest BCUT2D eigenvalue weighted by atomic mass is 10.1. The third kappa shape index (κ3) is 4.90. The Balaban J connectivity index is 2.60. The first-order valence-electron chi connectivity index (χ1n) is 6.05. The van der Waals surface area contributed by atoms with Crippen molar-refractivity contribution in [3.05, 3.63) is 35.4 Å². The third-order valence-electron chi connectivity index (χ3n) is 2.70. The zero-order chi connectivity index (χ0) is 14.5. The van der Waals surface area contributed by atoms with Crippen LogP contribution in [-0.4, -0.2) is 10.9 Å². The lowest BCUT2D eigenvalue weighted by molar-refractivity contribution is -0.137. The highest BCUT2D eigenvalue weighted by molar-refractivity contribution is 5.75. The van der Waals surface area contributed by atoms with Crippen LogP contribution in [0.5, 0.6) is 0 Å². The van der Waals surface area contributed by atoms with E-state index in [1.807, 2.05) is 6.92 Å². The molecule has 0 fully saturated rings. The number of rotatable bonds is 5. The summed E-state index contributed by atoms with van der Waals surface area (Å²) in [4.78, 5) is 11.6. The molecule has 0 atom stereocenters. The van der Waals surface area contributed by atoms with Gasteiger partial charge in [0.15, 0.2) is 0 Å². The summed E-state index contributed by atoms with van der Waals surface area (Å²) < 4.78 is 37.1. The van der Waals surface area contributed by atoms with Gasteiger partial charge in [-0.05, 0) is 24.1 Å². The minimum Gasteiger partial charge on any atom is -0.276 e. The van der Waals surface area contributed by atoms with E-state index in [0.717, 1.165) is 30.0 Å². The van der Waals surface area contributed by atoms with Crippen LogP contribution in [0.1, 0.15) is 37.3 Å². The molecule has 0 spiro atoms. The maximum Gasteiger partial charge on any atom is 0.416 e. The molecule has 0 radical (unpaired) electrons. The van der Waals surface area contributed by atoms with Crippen molar-refractivity contribution in [3.63, 3.8) is 0 Å². The highest BCUT2D eigenvalue weighted by Crippen LogP contribution is 2.29. The van der Waals surface area contributed by atoms with Crippen LogP contribution >= 0.6 is 0 Å². The van der Waals surface area contributed by atoms with Gasteiger partial charge in [-0.25, -0.2) is 5.84 Å². The Morgan fingerprint density at radius 2 is 1.84 bits per heavy atom. The number of amides is 1. The number of carbonyl (C=O) groups is 1. The van der Waals surface area contributed by atoms with Gasteiger partial charge in [0.2, 0.25) is 5.91 Å². The van der Waals surface area contributed by atoms with Crippen LogP contribution in [0.25, 0.3) is 0 Å². The highest BCUT2D eigenvalue weighted by atomic mass is 19.4. The number of benzene rings is 1. The van der Waals surface area contributed by atoms with Crippen LogP contribution in [0, 0.1) is 0 Å². The zero-order valence-electron chi connectivity index (χ0n) is 10.7. The molecule has 0 bridgehead atoms. The fourth-order valence-electron chi connectivity index (χ4n) is 1.56. The number of nitrogens with zero attached hydrogens (tertiary/aromatic N) is 1. The topological polar surface area (TPSA) is 46.3 Å². The minimum absolute atomic E-state index is 0.112. The molecule has 0 saturated heterocycles. The monoisotopic (exact) mass is 274 g/mol. The Kier molecular flexibility index (Phi) is 5.35. The number of alkyl halides is 3. The standard InChI is InChI=1S/C13H17F3N2O/c1-2-3-4-12(19)18(17)9-10-5-7-11(8-6-10)13(14,15)16/h5-8H,2-4,9,17H2,1H3. The van der Waals surface area contributed by atoms with Gasteiger partial charge in [0.25, 0.3) is 0 Å². The van der Waals surface area contributed by atoms with Gasteiger partial charge < -0.3 is 0 Å². The normalized spacial score (nSPS) is 11.4. The second-order valence-electron chi connectivity index (χ2n) is 4.32. The fraction of sp³-hybridized carbons (Fsp3) is 0.462. The number of hydrogen-bond donors (Lipinski definition) is 1. The van der Waals surface area contributed by atoms with Crippen molar-refractivity contribution in [1.29, 1.82) is 0 Å². The van der Waals surface area contributed by atoms with E-state index in [1.54, 1.807) is 0 Å². The average Bonchev–Trinajstić information content (AvgIpc) is 2.35. The number of carbonyl (C=O) groups excluding carboxylic acids is 1. The van der Waals surface area contributed by atoms with E-state index < -0.39 is 11.7 Å². The number of halogens is 3. The van der Waals surface area contributed by atoms with E-state index in [2.05, 4.69) is 0 Å². The van der Waals surface area contributed by atoms with Gasteiger partial charge in [-0.15, -0.1) is 0 Å². The summed E-state index contributed by atoms with van der Waals surface area (Å²) in [5.74, 6) is 5.37. The Hall–Kier alpha value is -1.56. The van der Waals surface area contributed by atoms with Crippen molar-refractivity contribution in [2.24, 2.45) is 5.84 Å². The highest BCUT2D eigenvalue weighted by Gasteiger charge is 2.29.